The fourth-order valence-corrected chi connectivity index (χ4v) is 1.94. The second-order valence-electron chi connectivity index (χ2n) is 2.92. The fraction of sp³-hybridized carbons (Fsp3) is 0.500. The van der Waals surface area contributed by atoms with E-state index in [1.54, 1.807) is 13.8 Å². The Bertz CT molecular complexity index is 381. The smallest absolute Gasteiger partial charge is 0.320 e. The van der Waals surface area contributed by atoms with Crippen LogP contribution in [0.15, 0.2) is 12.4 Å². The van der Waals surface area contributed by atoms with E-state index < -0.39 is 10.2 Å². The van der Waals surface area contributed by atoms with E-state index in [0.717, 1.165) is 4.09 Å². The van der Waals surface area contributed by atoms with Gasteiger partial charge < -0.3 is 5.73 Å². The van der Waals surface area contributed by atoms with Crippen LogP contribution in [0.5, 0.6) is 0 Å². The highest BCUT2D eigenvalue weighted by molar-refractivity contribution is 7.87. The lowest BCUT2D eigenvalue weighted by Crippen LogP contribution is -2.35. The summed E-state index contributed by atoms with van der Waals surface area (Å²) in [6, 6.07) is -0.171. The van der Waals surface area contributed by atoms with Gasteiger partial charge in [0, 0.05) is 6.04 Å². The minimum Gasteiger partial charge on any atom is -0.396 e. The Balaban J connectivity index is 2.95. The average Bonchev–Trinajstić information content (AvgIpc) is 2.32. The van der Waals surface area contributed by atoms with E-state index >= 15 is 0 Å². The van der Waals surface area contributed by atoms with Gasteiger partial charge in [-0.05, 0) is 13.8 Å². The summed E-state index contributed by atoms with van der Waals surface area (Å²) in [5.41, 5.74) is 5.64. The molecule has 0 aliphatic heterocycles. The number of nitrogens with two attached hydrogens (primary N) is 1. The Morgan fingerprint density at radius 2 is 2.23 bits per heavy atom. The summed E-state index contributed by atoms with van der Waals surface area (Å²) in [6.45, 7) is 3.45. The van der Waals surface area contributed by atoms with E-state index in [2.05, 4.69) is 9.82 Å². The highest BCUT2D eigenvalue weighted by Crippen LogP contribution is 2.00. The molecule has 74 valence electrons. The molecule has 0 fully saturated rings. The first-order valence-corrected chi connectivity index (χ1v) is 5.19. The van der Waals surface area contributed by atoms with E-state index in [9.17, 15) is 8.42 Å². The highest BCUT2D eigenvalue weighted by atomic mass is 32.2. The molecule has 0 spiro atoms. The van der Waals surface area contributed by atoms with Gasteiger partial charge in [-0.1, -0.05) is 0 Å². The molecule has 0 saturated heterocycles. The number of nitrogen functional groups attached to an aromatic ring is 1. The maximum Gasteiger partial charge on any atom is 0.320 e. The second-order valence-corrected chi connectivity index (χ2v) is 4.48. The molecular formula is C6H12N4O2S. The molecule has 1 aromatic heterocycles. The third-order valence-electron chi connectivity index (χ3n) is 1.21. The van der Waals surface area contributed by atoms with Gasteiger partial charge in [0.15, 0.2) is 0 Å². The molecule has 0 aromatic carbocycles. The molecule has 3 N–H and O–H groups in total. The second kappa shape index (κ2) is 3.35. The molecule has 1 heterocycles. The molecule has 0 saturated carbocycles. The molecule has 0 atom stereocenters. The van der Waals surface area contributed by atoms with Crippen LogP contribution in [0.1, 0.15) is 13.8 Å². The highest BCUT2D eigenvalue weighted by Gasteiger charge is 2.14. The Hall–Kier alpha value is -1.08. The van der Waals surface area contributed by atoms with Crippen molar-refractivity contribution >= 4 is 15.9 Å². The number of nitrogens with zero attached hydrogens (tertiary/aromatic N) is 2. The Morgan fingerprint density at radius 3 is 2.62 bits per heavy atom. The summed E-state index contributed by atoms with van der Waals surface area (Å²) < 4.78 is 26.0. The first-order chi connectivity index (χ1) is 5.92. The summed E-state index contributed by atoms with van der Waals surface area (Å²) in [5, 5.41) is 3.58. The van der Waals surface area contributed by atoms with Crippen molar-refractivity contribution in [3.8, 4) is 0 Å². The normalized spacial score (nSPS) is 12.2. The minimum atomic E-state index is -3.56. The molecule has 6 nitrogen and oxygen atoms in total. The lowest BCUT2D eigenvalue weighted by molar-refractivity contribution is 0.553. The van der Waals surface area contributed by atoms with Crippen molar-refractivity contribution in [3.05, 3.63) is 12.4 Å². The topological polar surface area (TPSA) is 90.0 Å². The van der Waals surface area contributed by atoms with Gasteiger partial charge in [0.05, 0.1) is 18.1 Å². The first kappa shape index (κ1) is 10.0. The van der Waals surface area contributed by atoms with E-state index in [0.29, 0.717) is 5.69 Å². The van der Waals surface area contributed by atoms with Crippen molar-refractivity contribution in [2.45, 2.75) is 19.9 Å². The summed E-state index contributed by atoms with van der Waals surface area (Å²) in [6.07, 6.45) is 2.52. The van der Waals surface area contributed by atoms with Gasteiger partial charge in [-0.3, -0.25) is 0 Å². The Morgan fingerprint density at radius 1 is 1.62 bits per heavy atom. The largest absolute Gasteiger partial charge is 0.396 e. The van der Waals surface area contributed by atoms with E-state index in [4.69, 9.17) is 5.73 Å². The number of hydrogen-bond donors (Lipinski definition) is 2. The monoisotopic (exact) mass is 204 g/mol. The van der Waals surface area contributed by atoms with Crippen LogP contribution in [-0.4, -0.2) is 23.6 Å². The molecule has 13 heavy (non-hydrogen) atoms. The quantitative estimate of drug-likeness (QED) is 0.698. The molecular weight excluding hydrogens is 192 g/mol. The maximum atomic E-state index is 11.4. The van der Waals surface area contributed by atoms with Crippen LogP contribution in [0, 0.1) is 0 Å². The molecule has 7 heteroatoms. The fourth-order valence-electron chi connectivity index (χ4n) is 0.801. The summed E-state index contributed by atoms with van der Waals surface area (Å²) in [5.74, 6) is 0. The molecule has 1 aromatic rings. The van der Waals surface area contributed by atoms with Gasteiger partial charge in [0.2, 0.25) is 0 Å². The standard InChI is InChI=1S/C6H12N4O2S/c1-5(2)9-13(11,12)10-4-6(7)3-8-10/h3-5,9H,7H2,1-2H3. The van der Waals surface area contributed by atoms with Gasteiger partial charge in [-0.15, -0.1) is 0 Å². The van der Waals surface area contributed by atoms with Crippen LogP contribution in [0.4, 0.5) is 5.69 Å². The lowest BCUT2D eigenvalue weighted by Gasteiger charge is -2.08. The Labute approximate surface area is 76.9 Å². The van der Waals surface area contributed by atoms with E-state index in [-0.39, 0.29) is 6.04 Å². The van der Waals surface area contributed by atoms with Crippen molar-refractivity contribution in [3.63, 3.8) is 0 Å². The first-order valence-electron chi connectivity index (χ1n) is 3.75. The van der Waals surface area contributed by atoms with Gasteiger partial charge in [-0.25, -0.2) is 0 Å². The zero-order valence-electron chi connectivity index (χ0n) is 7.43. The number of aromatic nitrogens is 2. The lowest BCUT2D eigenvalue weighted by atomic mass is 10.4. The number of anilines is 1. The molecule has 0 unspecified atom stereocenters. The summed E-state index contributed by atoms with van der Waals surface area (Å²) in [7, 11) is -3.56. The van der Waals surface area contributed by atoms with Gasteiger partial charge in [-0.2, -0.15) is 22.3 Å². The molecule has 0 amide bonds. The summed E-state index contributed by atoms with van der Waals surface area (Å²) >= 11 is 0. The van der Waals surface area contributed by atoms with E-state index in [1.807, 2.05) is 0 Å². The molecule has 0 aliphatic carbocycles. The predicted octanol–water partition coefficient (Wildman–Crippen LogP) is -0.444. The molecule has 1 rings (SSSR count). The van der Waals surface area contributed by atoms with Crippen molar-refractivity contribution in [2.75, 3.05) is 5.73 Å². The number of rotatable bonds is 3. The van der Waals surface area contributed by atoms with Crippen molar-refractivity contribution in [1.82, 2.24) is 13.9 Å². The molecule has 0 bridgehead atoms. The van der Waals surface area contributed by atoms with Crippen molar-refractivity contribution in [1.29, 1.82) is 0 Å². The Kier molecular flexibility index (Phi) is 2.58. The van der Waals surface area contributed by atoms with Crippen molar-refractivity contribution in [2.24, 2.45) is 0 Å². The molecule has 0 radical (unpaired) electrons. The van der Waals surface area contributed by atoms with Crippen molar-refractivity contribution < 1.29 is 8.42 Å². The van der Waals surface area contributed by atoms with E-state index in [1.165, 1.54) is 12.4 Å². The summed E-state index contributed by atoms with van der Waals surface area (Å²) in [4.78, 5) is 0. The maximum absolute atomic E-state index is 11.4. The number of hydrogen-bond acceptors (Lipinski definition) is 4. The van der Waals surface area contributed by atoms with Crippen LogP contribution in [0.2, 0.25) is 0 Å². The van der Waals surface area contributed by atoms with Gasteiger partial charge in [0.1, 0.15) is 0 Å². The van der Waals surface area contributed by atoms with Crippen LogP contribution in [0.25, 0.3) is 0 Å². The minimum absolute atomic E-state index is 0.171. The third-order valence-corrected chi connectivity index (χ3v) is 2.67. The predicted molar refractivity (Wildman–Crippen MR) is 49.2 cm³/mol. The average molecular weight is 204 g/mol. The third kappa shape index (κ3) is 2.43. The van der Waals surface area contributed by atoms with Crippen LogP contribution >= 0.6 is 0 Å². The van der Waals surface area contributed by atoms with Crippen LogP contribution in [-0.2, 0) is 10.2 Å². The van der Waals surface area contributed by atoms with Crippen LogP contribution in [0.3, 0.4) is 0 Å². The molecule has 0 aliphatic rings. The van der Waals surface area contributed by atoms with Crippen LogP contribution < -0.4 is 10.5 Å². The zero-order chi connectivity index (χ0) is 10.1. The van der Waals surface area contributed by atoms with Gasteiger partial charge >= 0.3 is 10.2 Å². The number of nitrogens with one attached hydrogen (secondary N) is 1. The SMILES string of the molecule is CC(C)NS(=O)(=O)n1cc(N)cn1. The van der Waals surface area contributed by atoms with Gasteiger partial charge in [0.25, 0.3) is 0 Å². The zero-order valence-corrected chi connectivity index (χ0v) is 8.25.